The Morgan fingerprint density at radius 3 is 1.96 bits per heavy atom. The van der Waals surface area contributed by atoms with Gasteiger partial charge in [-0.25, -0.2) is 0 Å². The van der Waals surface area contributed by atoms with E-state index in [-0.39, 0.29) is 5.41 Å². The van der Waals surface area contributed by atoms with Crippen LogP contribution in [0.2, 0.25) is 0 Å². The lowest BCUT2D eigenvalue weighted by atomic mass is 9.82. The number of rotatable bonds is 6. The number of hydrogen-bond acceptors (Lipinski definition) is 2. The van der Waals surface area contributed by atoms with E-state index in [9.17, 15) is 0 Å². The van der Waals surface area contributed by atoms with E-state index >= 15 is 0 Å². The first kappa shape index (κ1) is 31.4. The summed E-state index contributed by atoms with van der Waals surface area (Å²) in [6, 6.07) is 59.5. The summed E-state index contributed by atoms with van der Waals surface area (Å²) in [6.45, 7) is 4.72. The third-order valence-electron chi connectivity index (χ3n) is 11.4. The smallest absolute Gasteiger partial charge is 0.136 e. The molecule has 0 amide bonds. The van der Waals surface area contributed by atoms with Gasteiger partial charge >= 0.3 is 0 Å². The molecule has 2 aliphatic rings. The lowest BCUT2D eigenvalue weighted by molar-refractivity contribution is 0.660. The highest BCUT2D eigenvalue weighted by Gasteiger charge is 2.37. The zero-order valence-electron chi connectivity index (χ0n) is 30.0. The molecule has 0 spiro atoms. The third-order valence-corrected chi connectivity index (χ3v) is 11.4. The SMILES string of the molecule is CC1(C)c2ccccc2-c2c(-c3ccccc3N(C3=C(c4cccc5oc6ccccc6c45)CCC=C3)c3ccccc3-c3ccccc3)cccc21. The number of hydrogen-bond donors (Lipinski definition) is 0. The Labute approximate surface area is 311 Å². The van der Waals surface area contributed by atoms with Crippen molar-refractivity contribution in [3.8, 4) is 33.4 Å². The van der Waals surface area contributed by atoms with Gasteiger partial charge in [-0.2, -0.15) is 0 Å². The van der Waals surface area contributed by atoms with E-state index in [1.807, 2.05) is 0 Å². The van der Waals surface area contributed by atoms with Crippen molar-refractivity contribution in [2.24, 2.45) is 0 Å². The molecule has 1 heterocycles. The molecule has 0 saturated heterocycles. The van der Waals surface area contributed by atoms with Crippen LogP contribution in [0.1, 0.15) is 43.4 Å². The van der Waals surface area contributed by atoms with Crippen LogP contribution in [0.5, 0.6) is 0 Å². The number of nitrogens with zero attached hydrogens (tertiary/aromatic N) is 1. The van der Waals surface area contributed by atoms with E-state index < -0.39 is 0 Å². The van der Waals surface area contributed by atoms with Crippen molar-refractivity contribution in [3.63, 3.8) is 0 Å². The summed E-state index contributed by atoms with van der Waals surface area (Å²) in [5, 5.41) is 2.33. The van der Waals surface area contributed by atoms with E-state index in [0.717, 1.165) is 40.8 Å². The van der Waals surface area contributed by atoms with E-state index in [1.54, 1.807) is 0 Å². The van der Waals surface area contributed by atoms with Gasteiger partial charge in [0, 0.05) is 33.0 Å². The number of anilines is 2. The van der Waals surface area contributed by atoms with E-state index in [0.29, 0.717) is 0 Å². The molecule has 0 aliphatic heterocycles. The zero-order chi connectivity index (χ0) is 35.5. The van der Waals surface area contributed by atoms with E-state index in [2.05, 4.69) is 195 Å². The topological polar surface area (TPSA) is 16.4 Å². The number of para-hydroxylation sites is 3. The fraction of sp³-hybridized carbons (Fsp3) is 0.0980. The van der Waals surface area contributed by atoms with E-state index in [1.165, 1.54) is 66.7 Å². The standard InChI is InChI=1S/C51H39NO/c1-51(2)42-27-11-6-23-40(42)49-38(25-16-28-43(49)51)36-21-8-13-30-45(36)52(44-29-12-7-20-35(44)34-18-4-3-5-19-34)46-31-14-9-22-37(46)39-26-17-33-48-50(39)41-24-10-15-32-47(41)53-48/h3-8,10-21,23-33H,9,22H2,1-2H3. The molecule has 0 bridgehead atoms. The highest BCUT2D eigenvalue weighted by molar-refractivity contribution is 6.11. The normalized spacial score (nSPS) is 14.5. The molecular formula is C51H39NO. The molecule has 0 unspecified atom stereocenters. The Hall–Kier alpha value is -6.38. The first-order valence-corrected chi connectivity index (χ1v) is 18.7. The van der Waals surface area contributed by atoms with Crippen molar-refractivity contribution < 1.29 is 4.42 Å². The maximum atomic E-state index is 6.44. The van der Waals surface area contributed by atoms with Gasteiger partial charge in [-0.05, 0) is 87.7 Å². The molecule has 1 aromatic heterocycles. The van der Waals surface area contributed by atoms with Gasteiger partial charge in [0.05, 0.1) is 11.4 Å². The quantitative estimate of drug-likeness (QED) is 0.174. The summed E-state index contributed by atoms with van der Waals surface area (Å²) < 4.78 is 6.44. The van der Waals surface area contributed by atoms with Crippen LogP contribution < -0.4 is 4.90 Å². The van der Waals surface area contributed by atoms with Crippen molar-refractivity contribution in [1.82, 2.24) is 0 Å². The molecular weight excluding hydrogens is 643 g/mol. The second kappa shape index (κ2) is 12.4. The summed E-state index contributed by atoms with van der Waals surface area (Å²) in [6.07, 6.45) is 6.58. The maximum absolute atomic E-state index is 6.44. The van der Waals surface area contributed by atoms with Crippen LogP contribution in [0.25, 0.3) is 60.9 Å². The fourth-order valence-corrected chi connectivity index (χ4v) is 8.95. The average molecular weight is 682 g/mol. The van der Waals surface area contributed by atoms with Crippen molar-refractivity contribution in [2.75, 3.05) is 4.90 Å². The summed E-state index contributed by atoms with van der Waals surface area (Å²) >= 11 is 0. The highest BCUT2D eigenvalue weighted by Crippen LogP contribution is 2.54. The first-order chi connectivity index (χ1) is 26.1. The minimum atomic E-state index is -0.0929. The maximum Gasteiger partial charge on any atom is 0.136 e. The molecule has 8 aromatic rings. The molecule has 0 fully saturated rings. The number of fused-ring (bicyclic) bond motifs is 6. The van der Waals surface area contributed by atoms with Crippen LogP contribution in [0.3, 0.4) is 0 Å². The predicted octanol–water partition coefficient (Wildman–Crippen LogP) is 14.1. The average Bonchev–Trinajstić information content (AvgIpc) is 3.71. The van der Waals surface area contributed by atoms with Crippen LogP contribution in [0.4, 0.5) is 11.4 Å². The minimum Gasteiger partial charge on any atom is -0.456 e. The van der Waals surface area contributed by atoms with Gasteiger partial charge in [0.15, 0.2) is 0 Å². The lowest BCUT2D eigenvalue weighted by Gasteiger charge is -2.34. The molecule has 0 saturated carbocycles. The number of furan rings is 1. The first-order valence-electron chi connectivity index (χ1n) is 18.7. The largest absolute Gasteiger partial charge is 0.456 e. The lowest BCUT2D eigenvalue weighted by Crippen LogP contribution is -2.20. The van der Waals surface area contributed by atoms with Crippen LogP contribution in [0.15, 0.2) is 186 Å². The summed E-state index contributed by atoms with van der Waals surface area (Å²) in [5.41, 5.74) is 18.0. The van der Waals surface area contributed by atoms with Gasteiger partial charge in [-0.3, -0.25) is 0 Å². The predicted molar refractivity (Wildman–Crippen MR) is 222 cm³/mol. The second-order valence-corrected chi connectivity index (χ2v) is 14.7. The van der Waals surface area contributed by atoms with Crippen molar-refractivity contribution in [1.29, 1.82) is 0 Å². The molecule has 10 rings (SSSR count). The van der Waals surface area contributed by atoms with Gasteiger partial charge in [0.25, 0.3) is 0 Å². The highest BCUT2D eigenvalue weighted by atomic mass is 16.3. The van der Waals surface area contributed by atoms with Gasteiger partial charge in [0.2, 0.25) is 0 Å². The molecule has 2 heteroatoms. The van der Waals surface area contributed by atoms with Crippen LogP contribution in [-0.2, 0) is 5.41 Å². The molecule has 2 nitrogen and oxygen atoms in total. The molecule has 0 N–H and O–H groups in total. The van der Waals surface area contributed by atoms with Gasteiger partial charge in [0.1, 0.15) is 11.2 Å². The molecule has 0 radical (unpaired) electrons. The van der Waals surface area contributed by atoms with Gasteiger partial charge < -0.3 is 9.32 Å². The Balaban J connectivity index is 1.29. The van der Waals surface area contributed by atoms with Crippen molar-refractivity contribution in [3.05, 3.63) is 198 Å². The van der Waals surface area contributed by atoms with E-state index in [4.69, 9.17) is 4.42 Å². The zero-order valence-corrected chi connectivity index (χ0v) is 30.0. The Morgan fingerprint density at radius 1 is 0.509 bits per heavy atom. The second-order valence-electron chi connectivity index (χ2n) is 14.7. The molecule has 7 aromatic carbocycles. The summed E-state index contributed by atoms with van der Waals surface area (Å²) in [7, 11) is 0. The Bertz CT molecular complexity index is 2760. The molecule has 53 heavy (non-hydrogen) atoms. The Kier molecular flexibility index (Phi) is 7.33. The van der Waals surface area contributed by atoms with Crippen LogP contribution in [0, 0.1) is 0 Å². The van der Waals surface area contributed by atoms with Crippen molar-refractivity contribution >= 4 is 38.9 Å². The van der Waals surface area contributed by atoms with Crippen molar-refractivity contribution in [2.45, 2.75) is 32.1 Å². The molecule has 0 atom stereocenters. The molecule has 254 valence electrons. The summed E-state index contributed by atoms with van der Waals surface area (Å²) in [4.78, 5) is 2.54. The minimum absolute atomic E-state index is 0.0929. The molecule has 2 aliphatic carbocycles. The fourth-order valence-electron chi connectivity index (χ4n) is 8.95. The number of allylic oxidation sites excluding steroid dienone is 3. The number of benzene rings is 7. The third kappa shape index (κ3) is 4.94. The van der Waals surface area contributed by atoms with Crippen LogP contribution in [-0.4, -0.2) is 0 Å². The Morgan fingerprint density at radius 2 is 1.11 bits per heavy atom. The van der Waals surface area contributed by atoms with Crippen LogP contribution >= 0.6 is 0 Å². The monoisotopic (exact) mass is 681 g/mol. The van der Waals surface area contributed by atoms with Gasteiger partial charge in [-0.15, -0.1) is 0 Å². The van der Waals surface area contributed by atoms with Gasteiger partial charge in [-0.1, -0.05) is 159 Å². The summed E-state index contributed by atoms with van der Waals surface area (Å²) in [5.74, 6) is 0.